The number of halogens is 1. The number of rotatable bonds is 1. The summed E-state index contributed by atoms with van der Waals surface area (Å²) in [7, 11) is 0. The third kappa shape index (κ3) is 2.20. The second-order valence-electron chi connectivity index (χ2n) is 5.74. The summed E-state index contributed by atoms with van der Waals surface area (Å²) >= 11 is 6.39. The molecule has 0 aromatic heterocycles. The Kier molecular flexibility index (Phi) is 2.58. The summed E-state index contributed by atoms with van der Waals surface area (Å²) in [5, 5.41) is 0.949. The summed E-state index contributed by atoms with van der Waals surface area (Å²) in [5.41, 5.74) is 4.29. The summed E-state index contributed by atoms with van der Waals surface area (Å²) in [4.78, 5) is 0. The summed E-state index contributed by atoms with van der Waals surface area (Å²) in [5.74, 6) is 0.775. The van der Waals surface area contributed by atoms with E-state index in [-0.39, 0.29) is 5.41 Å². The van der Waals surface area contributed by atoms with Gasteiger partial charge in [0.15, 0.2) is 0 Å². The van der Waals surface area contributed by atoms with Crippen LogP contribution in [0.15, 0.2) is 12.1 Å². The highest BCUT2D eigenvalue weighted by atomic mass is 35.5. The fourth-order valence-electron chi connectivity index (χ4n) is 2.28. The quantitative estimate of drug-likeness (QED) is 0.639. The molecule has 15 heavy (non-hydrogen) atoms. The van der Waals surface area contributed by atoms with Gasteiger partial charge < -0.3 is 0 Å². The molecule has 0 N–H and O–H groups in total. The first-order valence-electron chi connectivity index (χ1n) is 5.70. The van der Waals surface area contributed by atoms with Crippen molar-refractivity contribution in [3.63, 3.8) is 0 Å². The van der Waals surface area contributed by atoms with Crippen LogP contribution in [0.25, 0.3) is 0 Å². The maximum atomic E-state index is 6.39. The maximum absolute atomic E-state index is 6.39. The molecule has 1 heteroatoms. The molecule has 0 radical (unpaired) electrons. The van der Waals surface area contributed by atoms with Crippen LogP contribution in [-0.4, -0.2) is 0 Å². The summed E-state index contributed by atoms with van der Waals surface area (Å²) in [6, 6.07) is 4.41. The minimum absolute atomic E-state index is 0.155. The molecule has 0 amide bonds. The van der Waals surface area contributed by atoms with E-state index in [0.717, 1.165) is 10.9 Å². The van der Waals surface area contributed by atoms with Crippen molar-refractivity contribution in [2.24, 2.45) is 0 Å². The van der Waals surface area contributed by atoms with Crippen LogP contribution in [0.4, 0.5) is 0 Å². The number of aryl methyl sites for hydroxylation is 1. The first-order chi connectivity index (χ1) is 6.89. The van der Waals surface area contributed by atoms with Crippen molar-refractivity contribution in [2.75, 3.05) is 0 Å². The van der Waals surface area contributed by atoms with Crippen LogP contribution >= 0.6 is 11.6 Å². The molecule has 1 aromatic rings. The molecule has 1 aliphatic rings. The Labute approximate surface area is 97.6 Å². The normalized spacial score (nSPS) is 16.9. The molecule has 0 unspecified atom stereocenters. The van der Waals surface area contributed by atoms with E-state index in [1.807, 2.05) is 0 Å². The Balaban J connectivity index is 2.59. The van der Waals surface area contributed by atoms with Gasteiger partial charge in [0.25, 0.3) is 0 Å². The molecule has 1 fully saturated rings. The van der Waals surface area contributed by atoms with Gasteiger partial charge in [-0.1, -0.05) is 38.4 Å². The standard InChI is InChI=1S/C14H19Cl/c1-9-7-11(10-5-6-10)13(12(15)8-9)14(2,3)4/h7-8,10H,5-6H2,1-4H3. The monoisotopic (exact) mass is 222 g/mol. The van der Waals surface area contributed by atoms with Gasteiger partial charge in [0, 0.05) is 5.02 Å². The average Bonchev–Trinajstić information content (AvgIpc) is 2.80. The minimum Gasteiger partial charge on any atom is -0.0840 e. The molecular formula is C14H19Cl. The Hall–Kier alpha value is -0.490. The fraction of sp³-hybridized carbons (Fsp3) is 0.571. The fourth-order valence-corrected chi connectivity index (χ4v) is 2.84. The van der Waals surface area contributed by atoms with E-state index in [4.69, 9.17) is 11.6 Å². The Morgan fingerprint density at radius 3 is 2.27 bits per heavy atom. The van der Waals surface area contributed by atoms with Gasteiger partial charge in [0.05, 0.1) is 0 Å². The van der Waals surface area contributed by atoms with E-state index in [1.165, 1.54) is 29.5 Å². The third-order valence-electron chi connectivity index (χ3n) is 3.03. The summed E-state index contributed by atoms with van der Waals surface area (Å²) in [6.07, 6.45) is 2.67. The van der Waals surface area contributed by atoms with Crippen LogP contribution in [0.3, 0.4) is 0 Å². The zero-order valence-corrected chi connectivity index (χ0v) is 10.8. The Bertz CT molecular complexity index is 381. The van der Waals surface area contributed by atoms with Gasteiger partial charge in [-0.05, 0) is 53.9 Å². The van der Waals surface area contributed by atoms with Crippen molar-refractivity contribution in [1.82, 2.24) is 0 Å². The van der Waals surface area contributed by atoms with Gasteiger partial charge in [-0.25, -0.2) is 0 Å². The van der Waals surface area contributed by atoms with Crippen molar-refractivity contribution in [3.8, 4) is 0 Å². The lowest BCUT2D eigenvalue weighted by atomic mass is 9.81. The van der Waals surface area contributed by atoms with Crippen LogP contribution < -0.4 is 0 Å². The number of benzene rings is 1. The van der Waals surface area contributed by atoms with E-state index in [1.54, 1.807) is 0 Å². The second-order valence-corrected chi connectivity index (χ2v) is 6.14. The van der Waals surface area contributed by atoms with Gasteiger partial charge in [-0.3, -0.25) is 0 Å². The van der Waals surface area contributed by atoms with Crippen molar-refractivity contribution in [3.05, 3.63) is 33.8 Å². The molecule has 1 aliphatic carbocycles. The van der Waals surface area contributed by atoms with Gasteiger partial charge in [0.2, 0.25) is 0 Å². The number of hydrogen-bond donors (Lipinski definition) is 0. The molecule has 0 spiro atoms. The first kappa shape index (κ1) is 11.0. The number of hydrogen-bond acceptors (Lipinski definition) is 0. The molecule has 82 valence electrons. The average molecular weight is 223 g/mol. The van der Waals surface area contributed by atoms with E-state index in [0.29, 0.717) is 0 Å². The molecule has 2 rings (SSSR count). The highest BCUT2D eigenvalue weighted by Crippen LogP contribution is 2.46. The molecule has 0 bridgehead atoms. The molecule has 0 aliphatic heterocycles. The van der Waals surface area contributed by atoms with E-state index < -0.39 is 0 Å². The highest BCUT2D eigenvalue weighted by Gasteiger charge is 2.31. The smallest absolute Gasteiger partial charge is 0.0448 e. The molecule has 0 saturated heterocycles. The van der Waals surface area contributed by atoms with Gasteiger partial charge in [0.1, 0.15) is 0 Å². The molecule has 1 aromatic carbocycles. The minimum atomic E-state index is 0.155. The van der Waals surface area contributed by atoms with Crippen LogP contribution in [0, 0.1) is 6.92 Å². The molecule has 1 saturated carbocycles. The largest absolute Gasteiger partial charge is 0.0840 e. The lowest BCUT2D eigenvalue weighted by Crippen LogP contribution is -2.15. The van der Waals surface area contributed by atoms with Crippen LogP contribution in [-0.2, 0) is 5.41 Å². The Morgan fingerprint density at radius 1 is 1.20 bits per heavy atom. The van der Waals surface area contributed by atoms with Crippen molar-refractivity contribution < 1.29 is 0 Å². The second kappa shape index (κ2) is 3.52. The molecule has 0 atom stereocenters. The van der Waals surface area contributed by atoms with E-state index in [2.05, 4.69) is 39.8 Å². The molecule has 0 heterocycles. The predicted octanol–water partition coefficient (Wildman–Crippen LogP) is 4.82. The van der Waals surface area contributed by atoms with Crippen LogP contribution in [0.1, 0.15) is 56.2 Å². The third-order valence-corrected chi connectivity index (χ3v) is 3.33. The van der Waals surface area contributed by atoms with Crippen LogP contribution in [0.2, 0.25) is 5.02 Å². The lowest BCUT2D eigenvalue weighted by Gasteiger charge is -2.25. The zero-order valence-electron chi connectivity index (χ0n) is 10.0. The SMILES string of the molecule is Cc1cc(Cl)c(C(C)(C)C)c(C2CC2)c1. The Morgan fingerprint density at radius 2 is 1.80 bits per heavy atom. The summed E-state index contributed by atoms with van der Waals surface area (Å²) in [6.45, 7) is 8.87. The lowest BCUT2D eigenvalue weighted by molar-refractivity contribution is 0.582. The highest BCUT2D eigenvalue weighted by molar-refractivity contribution is 6.31. The maximum Gasteiger partial charge on any atom is 0.0448 e. The van der Waals surface area contributed by atoms with Crippen molar-refractivity contribution >= 4 is 11.6 Å². The predicted molar refractivity (Wildman–Crippen MR) is 66.9 cm³/mol. The summed E-state index contributed by atoms with van der Waals surface area (Å²) < 4.78 is 0. The topological polar surface area (TPSA) is 0 Å². The van der Waals surface area contributed by atoms with E-state index in [9.17, 15) is 0 Å². The van der Waals surface area contributed by atoms with Gasteiger partial charge in [-0.2, -0.15) is 0 Å². The molecule has 0 nitrogen and oxygen atoms in total. The van der Waals surface area contributed by atoms with Crippen molar-refractivity contribution in [2.45, 2.75) is 51.9 Å². The molecular weight excluding hydrogens is 204 g/mol. The van der Waals surface area contributed by atoms with E-state index >= 15 is 0 Å². The van der Waals surface area contributed by atoms with Crippen LogP contribution in [0.5, 0.6) is 0 Å². The van der Waals surface area contributed by atoms with Gasteiger partial charge >= 0.3 is 0 Å². The first-order valence-corrected chi connectivity index (χ1v) is 6.08. The van der Waals surface area contributed by atoms with Crippen molar-refractivity contribution in [1.29, 1.82) is 0 Å². The van der Waals surface area contributed by atoms with Gasteiger partial charge in [-0.15, -0.1) is 0 Å². The zero-order chi connectivity index (χ0) is 11.2.